The molecule has 8 nitrogen and oxygen atoms in total. The summed E-state index contributed by atoms with van der Waals surface area (Å²) in [5.41, 5.74) is 2.91. The van der Waals surface area contributed by atoms with Crippen molar-refractivity contribution in [2.45, 2.75) is 12.8 Å². The van der Waals surface area contributed by atoms with Gasteiger partial charge in [-0.25, -0.2) is 4.39 Å². The number of fused-ring (bicyclic) bond motifs is 1. The van der Waals surface area contributed by atoms with Crippen LogP contribution in [-0.2, 0) is 11.2 Å². The number of hydrogen-bond acceptors (Lipinski definition) is 6. The lowest BCUT2D eigenvalue weighted by molar-refractivity contribution is -0.384. The monoisotopic (exact) mass is 413 g/mol. The number of piperazine rings is 1. The highest BCUT2D eigenvalue weighted by Gasteiger charge is 2.23. The molecule has 0 saturated carbocycles. The van der Waals surface area contributed by atoms with Gasteiger partial charge in [0.15, 0.2) is 0 Å². The van der Waals surface area contributed by atoms with Crippen molar-refractivity contribution < 1.29 is 14.1 Å². The second-order valence-electron chi connectivity index (χ2n) is 7.56. The molecule has 2 aliphatic rings. The lowest BCUT2D eigenvalue weighted by Gasteiger charge is -2.36. The minimum Gasteiger partial charge on any atom is -0.378 e. The second kappa shape index (κ2) is 8.66. The highest BCUT2D eigenvalue weighted by Crippen LogP contribution is 2.34. The number of anilines is 3. The van der Waals surface area contributed by atoms with Crippen LogP contribution in [0, 0.1) is 15.9 Å². The molecule has 2 N–H and O–H groups in total. The van der Waals surface area contributed by atoms with Gasteiger partial charge in [0.05, 0.1) is 4.92 Å². The van der Waals surface area contributed by atoms with E-state index in [0.717, 1.165) is 44.0 Å². The molecule has 0 spiro atoms. The van der Waals surface area contributed by atoms with Crippen LogP contribution in [0.3, 0.4) is 0 Å². The van der Waals surface area contributed by atoms with Crippen molar-refractivity contribution in [2.24, 2.45) is 0 Å². The minimum absolute atomic E-state index is 0.0334. The third-order valence-electron chi connectivity index (χ3n) is 5.62. The van der Waals surface area contributed by atoms with E-state index in [1.165, 1.54) is 12.1 Å². The van der Waals surface area contributed by atoms with Crippen LogP contribution in [0.1, 0.15) is 12.0 Å². The SMILES string of the molecule is O=C1CCc2cc([N+](=O)[O-])c(NCCN3CCN(c4ccc(F)cc4)CC3)cc2N1. The maximum Gasteiger partial charge on any atom is 0.292 e. The number of carbonyl (C=O) groups is 1. The number of nitro benzene ring substituents is 1. The average molecular weight is 413 g/mol. The Morgan fingerprint density at radius 2 is 1.83 bits per heavy atom. The fourth-order valence-corrected chi connectivity index (χ4v) is 3.94. The van der Waals surface area contributed by atoms with Crippen LogP contribution in [0.5, 0.6) is 0 Å². The number of carbonyl (C=O) groups excluding carboxylic acids is 1. The van der Waals surface area contributed by atoms with E-state index in [9.17, 15) is 19.3 Å². The smallest absolute Gasteiger partial charge is 0.292 e. The first kappa shape index (κ1) is 20.1. The topological polar surface area (TPSA) is 90.7 Å². The Balaban J connectivity index is 1.32. The van der Waals surface area contributed by atoms with Crippen molar-refractivity contribution in [2.75, 3.05) is 54.8 Å². The molecule has 9 heteroatoms. The first-order valence-corrected chi connectivity index (χ1v) is 10.1. The van der Waals surface area contributed by atoms with Gasteiger partial charge in [-0.05, 0) is 42.3 Å². The summed E-state index contributed by atoms with van der Waals surface area (Å²) in [5, 5.41) is 17.4. The second-order valence-corrected chi connectivity index (χ2v) is 7.56. The predicted octanol–water partition coefficient (Wildman–Crippen LogP) is 2.85. The molecule has 0 bridgehead atoms. The van der Waals surface area contributed by atoms with Crippen LogP contribution in [0.2, 0.25) is 0 Å². The number of halogens is 1. The van der Waals surface area contributed by atoms with E-state index in [2.05, 4.69) is 20.4 Å². The standard InChI is InChI=1S/C21H24FN5O3/c22-16-2-4-17(5-3-16)26-11-9-25(10-12-26)8-7-23-19-14-18-15(1-6-21(28)24-18)13-20(19)27(29)30/h2-5,13-14,23H,1,6-12H2,(H,24,28). The molecular weight excluding hydrogens is 389 g/mol. The van der Waals surface area contributed by atoms with Gasteiger partial charge in [0, 0.05) is 63.1 Å². The lowest BCUT2D eigenvalue weighted by atomic mass is 10.0. The van der Waals surface area contributed by atoms with E-state index in [-0.39, 0.29) is 22.3 Å². The van der Waals surface area contributed by atoms with E-state index in [1.807, 2.05) is 0 Å². The molecule has 158 valence electrons. The molecule has 2 aromatic carbocycles. The third-order valence-corrected chi connectivity index (χ3v) is 5.62. The fourth-order valence-electron chi connectivity index (χ4n) is 3.94. The van der Waals surface area contributed by atoms with Crippen molar-refractivity contribution in [3.8, 4) is 0 Å². The molecule has 1 fully saturated rings. The zero-order chi connectivity index (χ0) is 21.1. The molecule has 0 unspecified atom stereocenters. The van der Waals surface area contributed by atoms with E-state index in [1.54, 1.807) is 24.3 Å². The van der Waals surface area contributed by atoms with Crippen molar-refractivity contribution in [3.05, 3.63) is 57.9 Å². The van der Waals surface area contributed by atoms with E-state index in [0.29, 0.717) is 30.8 Å². The summed E-state index contributed by atoms with van der Waals surface area (Å²) in [4.78, 5) is 27.2. The van der Waals surface area contributed by atoms with Crippen LogP contribution >= 0.6 is 0 Å². The van der Waals surface area contributed by atoms with Gasteiger partial charge in [0.25, 0.3) is 5.69 Å². The number of benzene rings is 2. The van der Waals surface area contributed by atoms with Crippen molar-refractivity contribution >= 4 is 28.7 Å². The molecule has 2 heterocycles. The minimum atomic E-state index is -0.388. The average Bonchev–Trinajstić information content (AvgIpc) is 2.74. The van der Waals surface area contributed by atoms with Gasteiger partial charge in [-0.15, -0.1) is 0 Å². The Bertz CT molecular complexity index is 942. The van der Waals surface area contributed by atoms with Crippen LogP contribution in [-0.4, -0.2) is 55.0 Å². The maximum absolute atomic E-state index is 13.1. The van der Waals surface area contributed by atoms with Crippen LogP contribution in [0.4, 0.5) is 27.1 Å². The van der Waals surface area contributed by atoms with E-state index in [4.69, 9.17) is 0 Å². The maximum atomic E-state index is 13.1. The van der Waals surface area contributed by atoms with Gasteiger partial charge >= 0.3 is 0 Å². The molecule has 0 atom stereocenters. The summed E-state index contributed by atoms with van der Waals surface area (Å²) in [7, 11) is 0. The molecule has 30 heavy (non-hydrogen) atoms. The molecular formula is C21H24FN5O3. The van der Waals surface area contributed by atoms with Gasteiger partial charge < -0.3 is 15.5 Å². The van der Waals surface area contributed by atoms with Gasteiger partial charge in [0.2, 0.25) is 5.91 Å². The van der Waals surface area contributed by atoms with Crippen molar-refractivity contribution in [3.63, 3.8) is 0 Å². The summed E-state index contributed by atoms with van der Waals surface area (Å²) in [6.45, 7) is 4.72. The first-order valence-electron chi connectivity index (χ1n) is 10.1. The molecule has 1 amide bonds. The normalized spacial score (nSPS) is 16.7. The summed E-state index contributed by atoms with van der Waals surface area (Å²) in [5.74, 6) is -0.305. The molecule has 0 aliphatic carbocycles. The Morgan fingerprint density at radius 3 is 2.53 bits per heavy atom. The lowest BCUT2D eigenvalue weighted by Crippen LogP contribution is -2.47. The van der Waals surface area contributed by atoms with Crippen LogP contribution in [0.25, 0.3) is 0 Å². The van der Waals surface area contributed by atoms with Crippen molar-refractivity contribution in [1.29, 1.82) is 0 Å². The third kappa shape index (κ3) is 4.51. The summed E-state index contributed by atoms with van der Waals surface area (Å²) in [6, 6.07) is 9.75. The fraction of sp³-hybridized carbons (Fsp3) is 0.381. The van der Waals surface area contributed by atoms with Gasteiger partial charge in [0.1, 0.15) is 11.5 Å². The number of nitrogens with zero attached hydrogens (tertiary/aromatic N) is 3. The van der Waals surface area contributed by atoms with Crippen LogP contribution < -0.4 is 15.5 Å². The van der Waals surface area contributed by atoms with Crippen molar-refractivity contribution in [1.82, 2.24) is 4.90 Å². The number of amides is 1. The molecule has 4 rings (SSSR count). The number of hydrogen-bond donors (Lipinski definition) is 2. The zero-order valence-electron chi connectivity index (χ0n) is 16.6. The first-order chi connectivity index (χ1) is 14.5. The Kier molecular flexibility index (Phi) is 5.80. The number of nitrogens with one attached hydrogen (secondary N) is 2. The Morgan fingerprint density at radius 1 is 1.10 bits per heavy atom. The highest BCUT2D eigenvalue weighted by molar-refractivity contribution is 5.95. The van der Waals surface area contributed by atoms with Gasteiger partial charge in [-0.2, -0.15) is 0 Å². The Hall–Kier alpha value is -3.20. The molecule has 2 aromatic rings. The number of nitro groups is 1. The molecule has 0 aromatic heterocycles. The number of rotatable bonds is 6. The van der Waals surface area contributed by atoms with Crippen LogP contribution in [0.15, 0.2) is 36.4 Å². The van der Waals surface area contributed by atoms with E-state index < -0.39 is 0 Å². The predicted molar refractivity (Wildman–Crippen MR) is 114 cm³/mol. The quantitative estimate of drug-likeness (QED) is 0.559. The Labute approximate surface area is 173 Å². The van der Waals surface area contributed by atoms with Gasteiger partial charge in [-0.3, -0.25) is 19.8 Å². The highest BCUT2D eigenvalue weighted by atomic mass is 19.1. The van der Waals surface area contributed by atoms with Gasteiger partial charge in [-0.1, -0.05) is 0 Å². The summed E-state index contributed by atoms with van der Waals surface area (Å²) >= 11 is 0. The largest absolute Gasteiger partial charge is 0.378 e. The molecule has 0 radical (unpaired) electrons. The molecule has 2 aliphatic heterocycles. The number of aryl methyl sites for hydroxylation is 1. The molecule has 1 saturated heterocycles. The van der Waals surface area contributed by atoms with E-state index >= 15 is 0 Å². The summed E-state index contributed by atoms with van der Waals surface area (Å²) in [6.07, 6.45) is 0.863. The zero-order valence-corrected chi connectivity index (χ0v) is 16.6. The summed E-state index contributed by atoms with van der Waals surface area (Å²) < 4.78 is 13.1.